The number of hydrogen-bond donors (Lipinski definition) is 1. The van der Waals surface area contributed by atoms with E-state index in [-0.39, 0.29) is 0 Å². The lowest BCUT2D eigenvalue weighted by Crippen LogP contribution is -2.31. The van der Waals surface area contributed by atoms with Gasteiger partial charge in [-0.3, -0.25) is 0 Å². The summed E-state index contributed by atoms with van der Waals surface area (Å²) in [6.45, 7) is 5.26. The highest BCUT2D eigenvalue weighted by Crippen LogP contribution is 2.38. The standard InChI is InChI=1S/C8H17NS/c1-8(2,6-9)10-7-4-3-5-7/h7H,3-6,9H2,1-2H3. The molecule has 0 saturated heterocycles. The second-order valence-electron chi connectivity index (χ2n) is 3.63. The van der Waals surface area contributed by atoms with Gasteiger partial charge in [0.1, 0.15) is 0 Å². The van der Waals surface area contributed by atoms with Crippen molar-refractivity contribution in [1.82, 2.24) is 0 Å². The highest BCUT2D eigenvalue weighted by atomic mass is 32.2. The molecular weight excluding hydrogens is 142 g/mol. The van der Waals surface area contributed by atoms with Crippen molar-refractivity contribution in [3.05, 3.63) is 0 Å². The molecule has 0 radical (unpaired) electrons. The van der Waals surface area contributed by atoms with Crippen LogP contribution in [0.2, 0.25) is 0 Å². The second-order valence-corrected chi connectivity index (χ2v) is 5.64. The van der Waals surface area contributed by atoms with Gasteiger partial charge in [-0.1, -0.05) is 6.42 Å². The minimum absolute atomic E-state index is 0.311. The molecule has 0 aromatic carbocycles. The topological polar surface area (TPSA) is 26.0 Å². The number of nitrogens with two attached hydrogens (primary N) is 1. The van der Waals surface area contributed by atoms with E-state index in [9.17, 15) is 0 Å². The van der Waals surface area contributed by atoms with E-state index in [1.54, 1.807) is 0 Å². The van der Waals surface area contributed by atoms with Crippen LogP contribution in [-0.2, 0) is 0 Å². The minimum Gasteiger partial charge on any atom is -0.329 e. The Morgan fingerprint density at radius 1 is 1.50 bits per heavy atom. The lowest BCUT2D eigenvalue weighted by atomic mass is 10.00. The van der Waals surface area contributed by atoms with Gasteiger partial charge in [0.25, 0.3) is 0 Å². The molecule has 1 rings (SSSR count). The van der Waals surface area contributed by atoms with E-state index in [4.69, 9.17) is 5.73 Å². The third-order valence-electron chi connectivity index (χ3n) is 2.03. The maximum atomic E-state index is 5.61. The van der Waals surface area contributed by atoms with Gasteiger partial charge in [0, 0.05) is 16.5 Å². The Balaban J connectivity index is 2.21. The zero-order valence-corrected chi connectivity index (χ0v) is 7.71. The average molecular weight is 159 g/mol. The molecule has 0 heterocycles. The van der Waals surface area contributed by atoms with Gasteiger partial charge in [-0.2, -0.15) is 11.8 Å². The van der Waals surface area contributed by atoms with Crippen LogP contribution >= 0.6 is 11.8 Å². The maximum Gasteiger partial charge on any atom is 0.0228 e. The van der Waals surface area contributed by atoms with Crippen molar-refractivity contribution in [1.29, 1.82) is 0 Å². The molecule has 1 fully saturated rings. The maximum absolute atomic E-state index is 5.61. The molecule has 1 nitrogen and oxygen atoms in total. The predicted molar refractivity (Wildman–Crippen MR) is 48.4 cm³/mol. The van der Waals surface area contributed by atoms with Crippen LogP contribution < -0.4 is 5.73 Å². The molecule has 10 heavy (non-hydrogen) atoms. The Bertz CT molecular complexity index is 108. The van der Waals surface area contributed by atoms with Crippen LogP contribution in [0.1, 0.15) is 33.1 Å². The number of thioether (sulfide) groups is 1. The van der Waals surface area contributed by atoms with E-state index in [0.29, 0.717) is 4.75 Å². The second kappa shape index (κ2) is 3.14. The molecule has 0 aromatic rings. The zero-order chi connectivity index (χ0) is 7.61. The summed E-state index contributed by atoms with van der Waals surface area (Å²) in [6.07, 6.45) is 4.25. The summed E-state index contributed by atoms with van der Waals surface area (Å²) in [5.74, 6) is 0. The highest BCUT2D eigenvalue weighted by Gasteiger charge is 2.26. The van der Waals surface area contributed by atoms with E-state index < -0.39 is 0 Å². The van der Waals surface area contributed by atoms with Gasteiger partial charge < -0.3 is 5.73 Å². The SMILES string of the molecule is CC(C)(CN)SC1CCC1. The van der Waals surface area contributed by atoms with Crippen molar-refractivity contribution in [2.75, 3.05) is 6.54 Å². The van der Waals surface area contributed by atoms with E-state index in [0.717, 1.165) is 11.8 Å². The van der Waals surface area contributed by atoms with Crippen molar-refractivity contribution in [3.8, 4) is 0 Å². The monoisotopic (exact) mass is 159 g/mol. The summed E-state index contributed by atoms with van der Waals surface area (Å²) in [6, 6.07) is 0. The van der Waals surface area contributed by atoms with E-state index in [1.807, 2.05) is 0 Å². The van der Waals surface area contributed by atoms with E-state index >= 15 is 0 Å². The Morgan fingerprint density at radius 2 is 2.10 bits per heavy atom. The summed E-state index contributed by atoms with van der Waals surface area (Å²) in [5, 5.41) is 0.915. The smallest absolute Gasteiger partial charge is 0.0228 e. The highest BCUT2D eigenvalue weighted by molar-refractivity contribution is 8.01. The number of rotatable bonds is 3. The van der Waals surface area contributed by atoms with Crippen LogP contribution in [0.25, 0.3) is 0 Å². The van der Waals surface area contributed by atoms with Crippen LogP contribution in [0.5, 0.6) is 0 Å². The van der Waals surface area contributed by atoms with Gasteiger partial charge >= 0.3 is 0 Å². The molecule has 0 atom stereocenters. The first kappa shape index (κ1) is 8.41. The molecule has 0 unspecified atom stereocenters. The summed E-state index contributed by atoms with van der Waals surface area (Å²) < 4.78 is 0.311. The third kappa shape index (κ3) is 2.17. The van der Waals surface area contributed by atoms with E-state index in [2.05, 4.69) is 25.6 Å². The van der Waals surface area contributed by atoms with Crippen molar-refractivity contribution in [3.63, 3.8) is 0 Å². The van der Waals surface area contributed by atoms with Crippen LogP contribution in [0, 0.1) is 0 Å². The van der Waals surface area contributed by atoms with Crippen molar-refractivity contribution >= 4 is 11.8 Å². The molecular formula is C8H17NS. The van der Waals surface area contributed by atoms with Crippen LogP contribution in [0.4, 0.5) is 0 Å². The molecule has 1 aliphatic carbocycles. The fraction of sp³-hybridized carbons (Fsp3) is 1.00. The van der Waals surface area contributed by atoms with Crippen LogP contribution in [0.15, 0.2) is 0 Å². The van der Waals surface area contributed by atoms with Crippen LogP contribution in [-0.4, -0.2) is 16.5 Å². The number of hydrogen-bond acceptors (Lipinski definition) is 2. The first-order valence-corrected chi connectivity index (χ1v) is 4.90. The van der Waals surface area contributed by atoms with Gasteiger partial charge in [-0.25, -0.2) is 0 Å². The predicted octanol–water partition coefficient (Wildman–Crippen LogP) is 2.01. The third-order valence-corrected chi connectivity index (χ3v) is 3.64. The molecule has 1 saturated carbocycles. The molecule has 2 heteroatoms. The van der Waals surface area contributed by atoms with Crippen LogP contribution in [0.3, 0.4) is 0 Å². The fourth-order valence-electron chi connectivity index (χ4n) is 0.988. The van der Waals surface area contributed by atoms with Crippen molar-refractivity contribution in [2.45, 2.75) is 43.1 Å². The lowest BCUT2D eigenvalue weighted by molar-refractivity contribution is 0.515. The Kier molecular flexibility index (Phi) is 2.64. The molecule has 0 aliphatic heterocycles. The Labute approximate surface area is 67.8 Å². The average Bonchev–Trinajstić information content (AvgIpc) is 1.80. The summed E-state index contributed by atoms with van der Waals surface area (Å²) >= 11 is 2.06. The quantitative estimate of drug-likeness (QED) is 0.681. The zero-order valence-electron chi connectivity index (χ0n) is 6.89. The molecule has 2 N–H and O–H groups in total. The molecule has 0 bridgehead atoms. The molecule has 0 amide bonds. The van der Waals surface area contributed by atoms with Gasteiger partial charge in [-0.05, 0) is 26.7 Å². The van der Waals surface area contributed by atoms with Gasteiger partial charge in [0.05, 0.1) is 0 Å². The summed E-state index contributed by atoms with van der Waals surface area (Å²) in [5.41, 5.74) is 5.61. The summed E-state index contributed by atoms with van der Waals surface area (Å²) in [4.78, 5) is 0. The van der Waals surface area contributed by atoms with Gasteiger partial charge in [0.15, 0.2) is 0 Å². The minimum atomic E-state index is 0.311. The molecule has 0 aromatic heterocycles. The lowest BCUT2D eigenvalue weighted by Gasteiger charge is -2.33. The molecule has 1 aliphatic rings. The normalized spacial score (nSPS) is 20.7. The molecule has 60 valence electrons. The fourth-order valence-corrected chi connectivity index (χ4v) is 2.56. The first-order chi connectivity index (χ1) is 4.64. The first-order valence-electron chi connectivity index (χ1n) is 4.02. The van der Waals surface area contributed by atoms with E-state index in [1.165, 1.54) is 19.3 Å². The van der Waals surface area contributed by atoms with Gasteiger partial charge in [0.2, 0.25) is 0 Å². The van der Waals surface area contributed by atoms with Crippen molar-refractivity contribution < 1.29 is 0 Å². The Morgan fingerprint density at radius 3 is 2.40 bits per heavy atom. The molecule has 0 spiro atoms. The summed E-state index contributed by atoms with van der Waals surface area (Å²) in [7, 11) is 0. The van der Waals surface area contributed by atoms with Gasteiger partial charge in [-0.15, -0.1) is 0 Å². The van der Waals surface area contributed by atoms with Crippen molar-refractivity contribution in [2.24, 2.45) is 5.73 Å². The largest absolute Gasteiger partial charge is 0.329 e. The Hall–Kier alpha value is 0.310.